The summed E-state index contributed by atoms with van der Waals surface area (Å²) in [7, 11) is 2.91. The molecule has 4 rings (SSSR count). The van der Waals surface area contributed by atoms with Gasteiger partial charge in [0.05, 0.1) is 21.2 Å². The molecule has 7 nitrogen and oxygen atoms in total. The maximum absolute atomic E-state index is 13.5. The molecule has 0 unspecified atom stereocenters. The van der Waals surface area contributed by atoms with Gasteiger partial charge in [-0.2, -0.15) is 26.3 Å². The second-order valence-electron chi connectivity index (χ2n) is 11.9. The number of carbonyl (C=O) groups is 2. The number of nitrogens with zero attached hydrogens (tertiary/aromatic N) is 3. The Balaban J connectivity index is 1.45. The van der Waals surface area contributed by atoms with Gasteiger partial charge in [0.2, 0.25) is 0 Å². The van der Waals surface area contributed by atoms with Crippen LogP contribution >= 0.6 is 23.2 Å². The number of halogens is 8. The van der Waals surface area contributed by atoms with Crippen molar-refractivity contribution in [2.24, 2.45) is 0 Å². The van der Waals surface area contributed by atoms with E-state index in [9.17, 15) is 35.9 Å². The lowest BCUT2D eigenvalue weighted by Gasteiger charge is -2.38. The van der Waals surface area contributed by atoms with Gasteiger partial charge in [-0.05, 0) is 66.9 Å². The Labute approximate surface area is 291 Å². The summed E-state index contributed by atoms with van der Waals surface area (Å²) >= 11 is 12.4. The molecule has 3 aromatic rings. The predicted molar refractivity (Wildman–Crippen MR) is 178 cm³/mol. The lowest BCUT2D eigenvalue weighted by molar-refractivity contribution is -0.143. The molecule has 1 atom stereocenters. The summed E-state index contributed by atoms with van der Waals surface area (Å²) in [5, 5.41) is 5.94. The molecular formula is C34H37Cl2F6N5O2. The molecule has 0 bridgehead atoms. The van der Waals surface area contributed by atoms with Crippen LogP contribution in [0.15, 0.2) is 60.7 Å². The summed E-state index contributed by atoms with van der Waals surface area (Å²) in [4.78, 5) is 30.6. The zero-order valence-electron chi connectivity index (χ0n) is 26.9. The number of anilines is 1. The number of urea groups is 1. The van der Waals surface area contributed by atoms with Crippen molar-refractivity contribution in [3.05, 3.63) is 98.5 Å². The van der Waals surface area contributed by atoms with E-state index in [1.165, 1.54) is 7.05 Å². The molecule has 2 N–H and O–H groups in total. The Morgan fingerprint density at radius 1 is 0.878 bits per heavy atom. The number of benzene rings is 3. The van der Waals surface area contributed by atoms with Gasteiger partial charge in [-0.3, -0.25) is 9.69 Å². The van der Waals surface area contributed by atoms with Gasteiger partial charge < -0.3 is 20.4 Å². The fraction of sp³-hybridized carbons (Fsp3) is 0.412. The van der Waals surface area contributed by atoms with Gasteiger partial charge in [-0.1, -0.05) is 47.5 Å². The Bertz CT molecular complexity index is 1580. The highest BCUT2D eigenvalue weighted by Gasteiger charge is 2.38. The Hall–Kier alpha value is -3.68. The molecule has 0 radical (unpaired) electrons. The number of alkyl halides is 6. The van der Waals surface area contributed by atoms with Crippen molar-refractivity contribution < 1.29 is 35.9 Å². The van der Waals surface area contributed by atoms with E-state index in [1.807, 2.05) is 18.2 Å². The smallest absolute Gasteiger partial charge is 0.369 e. The van der Waals surface area contributed by atoms with Crippen LogP contribution in [0.1, 0.15) is 45.0 Å². The standard InChI is InChI=1S/C34H37Cl2F6N5O2/c1-43-32(49)44-11-9-22-5-3-4-6-30(22)47-15-13-46(14-16-47)12-10-24(23-7-8-28(35)29(36)19-23)21-45(2)31(48)25-17-26(33(37,38)39)20-27(18-25)34(40,41)42/h3-8,17-20,24H,9-16,21H2,1-2H3,(H2,43,44,49)/t24-/m1/s1. The lowest BCUT2D eigenvalue weighted by atomic mass is 9.94. The van der Waals surface area contributed by atoms with E-state index in [1.54, 1.807) is 25.2 Å². The van der Waals surface area contributed by atoms with Gasteiger partial charge in [0.15, 0.2) is 0 Å². The molecule has 0 spiro atoms. The van der Waals surface area contributed by atoms with Crippen molar-refractivity contribution in [1.29, 1.82) is 0 Å². The fourth-order valence-corrected chi connectivity index (χ4v) is 6.13. The quantitative estimate of drug-likeness (QED) is 0.200. The first-order valence-corrected chi connectivity index (χ1v) is 16.3. The van der Waals surface area contributed by atoms with Crippen molar-refractivity contribution in [3.8, 4) is 0 Å². The van der Waals surface area contributed by atoms with Crippen molar-refractivity contribution in [1.82, 2.24) is 20.4 Å². The van der Waals surface area contributed by atoms with Crippen LogP contribution in [-0.4, -0.2) is 81.6 Å². The number of likely N-dealkylation sites (N-methyl/N-ethyl adjacent to an activating group) is 1. The van der Waals surface area contributed by atoms with Gasteiger partial charge in [0, 0.05) is 70.5 Å². The van der Waals surface area contributed by atoms with Crippen LogP contribution < -0.4 is 15.5 Å². The molecule has 15 heteroatoms. The van der Waals surface area contributed by atoms with Gasteiger partial charge >= 0.3 is 18.4 Å². The van der Waals surface area contributed by atoms with E-state index in [4.69, 9.17) is 23.2 Å². The largest absolute Gasteiger partial charge is 0.416 e. The van der Waals surface area contributed by atoms with Gasteiger partial charge in [0.1, 0.15) is 0 Å². The number of hydrogen-bond acceptors (Lipinski definition) is 4. The van der Waals surface area contributed by atoms with Crippen LogP contribution in [0.3, 0.4) is 0 Å². The minimum Gasteiger partial charge on any atom is -0.369 e. The van der Waals surface area contributed by atoms with Gasteiger partial charge in [-0.15, -0.1) is 0 Å². The fourth-order valence-electron chi connectivity index (χ4n) is 5.82. The first kappa shape index (κ1) is 38.1. The molecule has 0 saturated carbocycles. The number of amides is 3. The molecule has 266 valence electrons. The number of para-hydroxylation sites is 1. The van der Waals surface area contributed by atoms with Crippen LogP contribution in [0, 0.1) is 0 Å². The summed E-state index contributed by atoms with van der Waals surface area (Å²) in [6.45, 7) is 4.06. The molecule has 0 aliphatic carbocycles. The minimum atomic E-state index is -5.08. The zero-order chi connectivity index (χ0) is 35.9. The average molecular weight is 733 g/mol. The topological polar surface area (TPSA) is 67.9 Å². The number of piperazine rings is 1. The lowest BCUT2D eigenvalue weighted by Crippen LogP contribution is -2.47. The first-order chi connectivity index (χ1) is 23.1. The highest BCUT2D eigenvalue weighted by molar-refractivity contribution is 6.42. The molecule has 1 fully saturated rings. The summed E-state index contributed by atoms with van der Waals surface area (Å²) in [5.41, 5.74) is -0.879. The van der Waals surface area contributed by atoms with Gasteiger partial charge in [-0.25, -0.2) is 4.79 Å². The minimum absolute atomic E-state index is 0.00167. The van der Waals surface area contributed by atoms with Crippen LogP contribution in [0.2, 0.25) is 10.0 Å². The summed E-state index contributed by atoms with van der Waals surface area (Å²) in [6, 6.07) is 13.7. The molecule has 1 heterocycles. The second-order valence-corrected chi connectivity index (χ2v) is 12.7. The summed E-state index contributed by atoms with van der Waals surface area (Å²) < 4.78 is 80.8. The summed E-state index contributed by atoms with van der Waals surface area (Å²) in [6.07, 6.45) is -8.96. The zero-order valence-corrected chi connectivity index (χ0v) is 28.4. The Morgan fingerprint density at radius 2 is 1.51 bits per heavy atom. The summed E-state index contributed by atoms with van der Waals surface area (Å²) in [5.74, 6) is -1.33. The molecule has 1 saturated heterocycles. The third kappa shape index (κ3) is 10.4. The van der Waals surface area contributed by atoms with Crippen molar-refractivity contribution in [2.45, 2.75) is 31.1 Å². The third-order valence-electron chi connectivity index (χ3n) is 8.50. The van der Waals surface area contributed by atoms with E-state index in [0.717, 1.165) is 47.9 Å². The van der Waals surface area contributed by atoms with E-state index in [-0.39, 0.29) is 29.6 Å². The van der Waals surface area contributed by atoms with Gasteiger partial charge in [0.25, 0.3) is 5.91 Å². The van der Waals surface area contributed by atoms with Crippen LogP contribution in [0.4, 0.5) is 36.8 Å². The number of rotatable bonds is 11. The van der Waals surface area contributed by atoms with E-state index >= 15 is 0 Å². The molecule has 1 aliphatic heterocycles. The van der Waals surface area contributed by atoms with Crippen LogP contribution in [0.25, 0.3) is 0 Å². The third-order valence-corrected chi connectivity index (χ3v) is 9.23. The number of carbonyl (C=O) groups excluding carboxylic acids is 2. The normalized spacial score (nSPS) is 14.8. The van der Waals surface area contributed by atoms with Crippen LogP contribution in [0.5, 0.6) is 0 Å². The molecule has 1 aliphatic rings. The van der Waals surface area contributed by atoms with E-state index < -0.39 is 35.0 Å². The van der Waals surface area contributed by atoms with Crippen molar-refractivity contribution in [2.75, 3.05) is 64.8 Å². The van der Waals surface area contributed by atoms with Crippen molar-refractivity contribution >= 4 is 40.8 Å². The highest BCUT2D eigenvalue weighted by atomic mass is 35.5. The maximum atomic E-state index is 13.5. The molecule has 49 heavy (non-hydrogen) atoms. The highest BCUT2D eigenvalue weighted by Crippen LogP contribution is 2.37. The monoisotopic (exact) mass is 731 g/mol. The van der Waals surface area contributed by atoms with E-state index in [0.29, 0.717) is 43.1 Å². The predicted octanol–water partition coefficient (Wildman–Crippen LogP) is 7.57. The Kier molecular flexibility index (Phi) is 12.7. The van der Waals surface area contributed by atoms with Crippen molar-refractivity contribution in [3.63, 3.8) is 0 Å². The Morgan fingerprint density at radius 3 is 2.10 bits per heavy atom. The molecular weight excluding hydrogens is 695 g/mol. The van der Waals surface area contributed by atoms with E-state index in [2.05, 4.69) is 26.5 Å². The molecule has 3 amide bonds. The second kappa shape index (κ2) is 16.4. The molecule has 3 aromatic carbocycles. The maximum Gasteiger partial charge on any atom is 0.416 e. The number of nitrogens with one attached hydrogen (secondary N) is 2. The SMILES string of the molecule is CNC(=O)NCCc1ccccc1N1CCN(CC[C@H](CN(C)C(=O)c2cc(C(F)(F)F)cc(C(F)(F)F)c2)c2ccc(Cl)c(Cl)c2)CC1. The van der Waals surface area contributed by atoms with Crippen LogP contribution in [-0.2, 0) is 18.8 Å². The molecule has 0 aromatic heterocycles. The first-order valence-electron chi connectivity index (χ1n) is 15.6. The average Bonchev–Trinajstić information content (AvgIpc) is 3.06. The number of hydrogen-bond donors (Lipinski definition) is 2.